The second kappa shape index (κ2) is 10.5. The molecule has 2 aromatic rings. The lowest BCUT2D eigenvalue weighted by Gasteiger charge is -2.29. The van der Waals surface area contributed by atoms with Gasteiger partial charge in [0.05, 0.1) is 0 Å². The van der Waals surface area contributed by atoms with E-state index in [4.69, 9.17) is 9.47 Å². The fraction of sp³-hybridized carbons (Fsp3) is 0.391. The first kappa shape index (κ1) is 22.2. The monoisotopic (exact) mass is 474 g/mol. The Bertz CT molecular complexity index is 903. The molecule has 1 aliphatic rings. The molecular weight excluding hydrogens is 448 g/mol. The third-order valence-corrected chi connectivity index (χ3v) is 5.52. The van der Waals surface area contributed by atoms with Crippen molar-refractivity contribution in [3.8, 4) is 11.5 Å². The zero-order valence-electron chi connectivity index (χ0n) is 17.3. The maximum Gasteiger partial charge on any atom is 0.242 e. The van der Waals surface area contributed by atoms with Gasteiger partial charge in [0, 0.05) is 24.0 Å². The number of fused-ring (bicyclic) bond motifs is 1. The normalized spacial score (nSPS) is 13.0. The second-order valence-corrected chi connectivity index (χ2v) is 8.22. The summed E-state index contributed by atoms with van der Waals surface area (Å²) in [5, 5.41) is 2.89. The van der Waals surface area contributed by atoms with Crippen molar-refractivity contribution in [1.82, 2.24) is 10.2 Å². The van der Waals surface area contributed by atoms with E-state index in [0.717, 1.165) is 27.8 Å². The molecule has 2 amide bonds. The van der Waals surface area contributed by atoms with Crippen molar-refractivity contribution in [3.63, 3.8) is 0 Å². The third kappa shape index (κ3) is 5.75. The summed E-state index contributed by atoms with van der Waals surface area (Å²) in [5.74, 6) is 1.23. The second-order valence-electron chi connectivity index (χ2n) is 7.31. The quantitative estimate of drug-likeness (QED) is 0.594. The van der Waals surface area contributed by atoms with Crippen molar-refractivity contribution in [1.29, 1.82) is 0 Å². The molecule has 1 heterocycles. The highest BCUT2D eigenvalue weighted by Crippen LogP contribution is 2.32. The highest BCUT2D eigenvalue weighted by molar-refractivity contribution is 9.10. The fourth-order valence-electron chi connectivity index (χ4n) is 3.30. The predicted molar refractivity (Wildman–Crippen MR) is 118 cm³/mol. The van der Waals surface area contributed by atoms with Gasteiger partial charge in [-0.1, -0.05) is 41.1 Å². The molecular formula is C23H27BrN2O4. The molecule has 0 fully saturated rings. The van der Waals surface area contributed by atoms with Gasteiger partial charge in [-0.2, -0.15) is 0 Å². The van der Waals surface area contributed by atoms with E-state index >= 15 is 0 Å². The maximum atomic E-state index is 13.1. The van der Waals surface area contributed by atoms with Crippen LogP contribution in [0.5, 0.6) is 11.5 Å². The fourth-order valence-corrected chi connectivity index (χ4v) is 3.75. The van der Waals surface area contributed by atoms with Crippen LogP contribution < -0.4 is 14.8 Å². The summed E-state index contributed by atoms with van der Waals surface area (Å²) in [5.41, 5.74) is 1.97. The molecule has 0 saturated carbocycles. The van der Waals surface area contributed by atoms with Crippen LogP contribution >= 0.6 is 15.9 Å². The number of ether oxygens (including phenoxy) is 2. The minimum Gasteiger partial charge on any atom is -0.454 e. The molecule has 1 N–H and O–H groups in total. The van der Waals surface area contributed by atoms with Gasteiger partial charge in [-0.25, -0.2) is 0 Å². The Labute approximate surface area is 185 Å². The van der Waals surface area contributed by atoms with Crippen molar-refractivity contribution in [2.45, 2.75) is 45.7 Å². The van der Waals surface area contributed by atoms with Gasteiger partial charge >= 0.3 is 0 Å². The summed E-state index contributed by atoms with van der Waals surface area (Å²) < 4.78 is 11.7. The average molecular weight is 475 g/mol. The van der Waals surface area contributed by atoms with Gasteiger partial charge in [0.15, 0.2) is 11.5 Å². The molecule has 0 spiro atoms. The predicted octanol–water partition coefficient (Wildman–Crippen LogP) is 4.05. The van der Waals surface area contributed by atoms with E-state index in [1.807, 2.05) is 49.4 Å². The Morgan fingerprint density at radius 1 is 1.13 bits per heavy atom. The Morgan fingerprint density at radius 3 is 2.70 bits per heavy atom. The standard InChI is InChI=1S/C23H27BrN2O4/c1-3-11-25-23(28)16(2)26(14-18-5-4-6-19(24)12-18)22(27)10-8-17-7-9-20-21(13-17)30-15-29-20/h4-7,9,12-13,16H,3,8,10-11,14-15H2,1-2H3,(H,25,28)/t16-/m1/s1. The highest BCUT2D eigenvalue weighted by Gasteiger charge is 2.26. The average Bonchev–Trinajstić information content (AvgIpc) is 3.21. The van der Waals surface area contributed by atoms with Crippen LogP contribution in [0.25, 0.3) is 0 Å². The minimum atomic E-state index is -0.556. The summed E-state index contributed by atoms with van der Waals surface area (Å²) in [6.07, 6.45) is 1.72. The highest BCUT2D eigenvalue weighted by atomic mass is 79.9. The van der Waals surface area contributed by atoms with Gasteiger partial charge in [-0.15, -0.1) is 0 Å². The molecule has 2 aromatic carbocycles. The lowest BCUT2D eigenvalue weighted by molar-refractivity contribution is -0.140. The summed E-state index contributed by atoms with van der Waals surface area (Å²) in [4.78, 5) is 27.4. The first-order valence-corrected chi connectivity index (χ1v) is 11.0. The summed E-state index contributed by atoms with van der Waals surface area (Å²) >= 11 is 3.47. The smallest absolute Gasteiger partial charge is 0.242 e. The summed E-state index contributed by atoms with van der Waals surface area (Å²) in [6.45, 7) is 4.98. The van der Waals surface area contributed by atoms with Crippen molar-refractivity contribution in [3.05, 3.63) is 58.1 Å². The number of carbonyl (C=O) groups is 2. The lowest BCUT2D eigenvalue weighted by atomic mass is 10.1. The molecule has 0 radical (unpaired) electrons. The Kier molecular flexibility index (Phi) is 7.74. The molecule has 3 rings (SSSR count). The third-order valence-electron chi connectivity index (χ3n) is 5.02. The number of carbonyl (C=O) groups excluding carboxylic acids is 2. The van der Waals surface area contributed by atoms with Crippen LogP contribution in [-0.2, 0) is 22.6 Å². The van der Waals surface area contributed by atoms with Crippen molar-refractivity contribution in [2.24, 2.45) is 0 Å². The Morgan fingerprint density at radius 2 is 1.93 bits per heavy atom. The molecule has 6 nitrogen and oxygen atoms in total. The van der Waals surface area contributed by atoms with Crippen LogP contribution in [0.1, 0.15) is 37.8 Å². The van der Waals surface area contributed by atoms with Crippen molar-refractivity contribution >= 4 is 27.7 Å². The summed E-state index contributed by atoms with van der Waals surface area (Å²) in [7, 11) is 0. The number of benzene rings is 2. The van der Waals surface area contributed by atoms with E-state index in [9.17, 15) is 9.59 Å². The molecule has 0 bridgehead atoms. The van der Waals surface area contributed by atoms with Crippen molar-refractivity contribution < 1.29 is 19.1 Å². The largest absolute Gasteiger partial charge is 0.454 e. The van der Waals surface area contributed by atoms with Gasteiger partial charge < -0.3 is 19.7 Å². The molecule has 1 atom stereocenters. The first-order valence-electron chi connectivity index (χ1n) is 10.2. The van der Waals surface area contributed by atoms with E-state index in [0.29, 0.717) is 31.7 Å². The van der Waals surface area contributed by atoms with E-state index in [1.165, 1.54) is 0 Å². The van der Waals surface area contributed by atoms with E-state index in [-0.39, 0.29) is 18.6 Å². The summed E-state index contributed by atoms with van der Waals surface area (Å²) in [6, 6.07) is 12.9. The number of aryl methyl sites for hydroxylation is 1. The zero-order chi connectivity index (χ0) is 21.5. The van der Waals surface area contributed by atoms with Crippen LogP contribution in [0.15, 0.2) is 46.9 Å². The molecule has 1 aliphatic heterocycles. The van der Waals surface area contributed by atoms with E-state index in [1.54, 1.807) is 11.8 Å². The number of rotatable bonds is 9. The van der Waals surface area contributed by atoms with Crippen molar-refractivity contribution in [2.75, 3.05) is 13.3 Å². The van der Waals surface area contributed by atoms with Crippen LogP contribution in [-0.4, -0.2) is 36.1 Å². The molecule has 0 aliphatic carbocycles. The zero-order valence-corrected chi connectivity index (χ0v) is 18.9. The maximum absolute atomic E-state index is 13.1. The van der Waals surface area contributed by atoms with Gasteiger partial charge in [-0.3, -0.25) is 9.59 Å². The van der Waals surface area contributed by atoms with Gasteiger partial charge in [0.25, 0.3) is 0 Å². The minimum absolute atomic E-state index is 0.0632. The molecule has 0 unspecified atom stereocenters. The topological polar surface area (TPSA) is 67.9 Å². The lowest BCUT2D eigenvalue weighted by Crippen LogP contribution is -2.47. The van der Waals surface area contributed by atoms with Crippen LogP contribution in [0.3, 0.4) is 0 Å². The molecule has 160 valence electrons. The van der Waals surface area contributed by atoms with E-state index < -0.39 is 6.04 Å². The number of nitrogens with one attached hydrogen (secondary N) is 1. The molecule has 7 heteroatoms. The number of hydrogen-bond acceptors (Lipinski definition) is 4. The number of hydrogen-bond donors (Lipinski definition) is 1. The van der Waals surface area contributed by atoms with Crippen LogP contribution in [0, 0.1) is 0 Å². The number of halogens is 1. The van der Waals surface area contributed by atoms with E-state index in [2.05, 4.69) is 21.2 Å². The number of amides is 2. The molecule has 0 saturated heterocycles. The van der Waals surface area contributed by atoms with Gasteiger partial charge in [0.2, 0.25) is 18.6 Å². The SMILES string of the molecule is CCCNC(=O)[C@@H](C)N(Cc1cccc(Br)c1)C(=O)CCc1ccc2c(c1)OCO2. The first-order chi connectivity index (χ1) is 14.5. The number of nitrogens with zero attached hydrogens (tertiary/aromatic N) is 1. The molecule has 0 aromatic heterocycles. The van der Waals surface area contributed by atoms with Gasteiger partial charge in [-0.05, 0) is 55.2 Å². The van der Waals surface area contributed by atoms with Crippen LogP contribution in [0.2, 0.25) is 0 Å². The van der Waals surface area contributed by atoms with Gasteiger partial charge in [0.1, 0.15) is 6.04 Å². The Hall–Kier alpha value is -2.54. The Balaban J connectivity index is 1.70. The van der Waals surface area contributed by atoms with Crippen LogP contribution in [0.4, 0.5) is 0 Å². The molecule has 30 heavy (non-hydrogen) atoms.